The molecule has 0 radical (unpaired) electrons. The van der Waals surface area contributed by atoms with Crippen LogP contribution in [0.4, 0.5) is 4.79 Å². The van der Waals surface area contributed by atoms with Crippen LogP contribution in [0.25, 0.3) is 0 Å². The Hall–Kier alpha value is -1.95. The fraction of sp³-hybridized carbons (Fsp3) is 0.500. The van der Waals surface area contributed by atoms with Gasteiger partial charge in [-0.1, -0.05) is 11.6 Å². The first-order chi connectivity index (χ1) is 11.0. The summed E-state index contributed by atoms with van der Waals surface area (Å²) in [7, 11) is 1.50. The standard InChI is InChI=1S/C16H21ClN2O4/c1-3-23-16(21)18-12-5-4-8-19(10-12)15(20)13-7-6-11(17)9-14(13)22-2/h6-7,9,12H,3-5,8,10H2,1-2H3,(H,18,21)/t12-/m0/s1. The van der Waals surface area contributed by atoms with Gasteiger partial charge < -0.3 is 19.7 Å². The Balaban J connectivity index is 2.06. The smallest absolute Gasteiger partial charge is 0.407 e. The number of carbonyl (C=O) groups excluding carboxylic acids is 2. The third-order valence-electron chi connectivity index (χ3n) is 3.70. The van der Waals surface area contributed by atoms with E-state index >= 15 is 0 Å². The maximum atomic E-state index is 12.7. The number of hydrogen-bond donors (Lipinski definition) is 1. The van der Waals surface area contributed by atoms with Gasteiger partial charge in [-0.2, -0.15) is 0 Å². The van der Waals surface area contributed by atoms with Crippen LogP contribution in [0.2, 0.25) is 5.02 Å². The van der Waals surface area contributed by atoms with Crippen molar-refractivity contribution in [2.75, 3.05) is 26.8 Å². The molecule has 0 aliphatic carbocycles. The third kappa shape index (κ3) is 4.51. The van der Waals surface area contributed by atoms with Crippen LogP contribution in [0.1, 0.15) is 30.1 Å². The molecule has 0 bridgehead atoms. The van der Waals surface area contributed by atoms with Crippen molar-refractivity contribution in [3.63, 3.8) is 0 Å². The molecule has 1 aliphatic rings. The zero-order valence-electron chi connectivity index (χ0n) is 13.3. The van der Waals surface area contributed by atoms with Crippen molar-refractivity contribution in [3.8, 4) is 5.75 Å². The molecule has 1 aromatic carbocycles. The SMILES string of the molecule is CCOC(=O)N[C@H]1CCCN(C(=O)c2ccc(Cl)cc2OC)C1. The highest BCUT2D eigenvalue weighted by Crippen LogP contribution is 2.25. The van der Waals surface area contributed by atoms with Gasteiger partial charge in [0.25, 0.3) is 5.91 Å². The van der Waals surface area contributed by atoms with E-state index in [1.807, 2.05) is 0 Å². The maximum Gasteiger partial charge on any atom is 0.407 e. The van der Waals surface area contributed by atoms with E-state index < -0.39 is 6.09 Å². The van der Waals surface area contributed by atoms with Gasteiger partial charge in [0.1, 0.15) is 5.75 Å². The predicted molar refractivity (Wildman–Crippen MR) is 87.1 cm³/mol. The van der Waals surface area contributed by atoms with Crippen molar-refractivity contribution in [2.45, 2.75) is 25.8 Å². The minimum atomic E-state index is -0.448. The highest BCUT2D eigenvalue weighted by atomic mass is 35.5. The molecule has 0 aromatic heterocycles. The summed E-state index contributed by atoms with van der Waals surface area (Å²) in [5, 5.41) is 3.30. The number of benzene rings is 1. The van der Waals surface area contributed by atoms with Gasteiger partial charge in [-0.15, -0.1) is 0 Å². The molecule has 1 aliphatic heterocycles. The Labute approximate surface area is 140 Å². The zero-order valence-corrected chi connectivity index (χ0v) is 14.1. The van der Waals surface area contributed by atoms with E-state index in [1.165, 1.54) is 7.11 Å². The van der Waals surface area contributed by atoms with Crippen LogP contribution < -0.4 is 10.1 Å². The van der Waals surface area contributed by atoms with Gasteiger partial charge in [0.05, 0.1) is 19.3 Å². The van der Waals surface area contributed by atoms with Crippen LogP contribution in [0.15, 0.2) is 18.2 Å². The fourth-order valence-corrected chi connectivity index (χ4v) is 2.79. The third-order valence-corrected chi connectivity index (χ3v) is 3.94. The van der Waals surface area contributed by atoms with Crippen molar-refractivity contribution in [1.29, 1.82) is 0 Å². The number of likely N-dealkylation sites (tertiary alicyclic amines) is 1. The Bertz CT molecular complexity index is 579. The normalized spacial score (nSPS) is 17.5. The molecule has 0 saturated carbocycles. The number of alkyl carbamates (subject to hydrolysis) is 1. The Kier molecular flexibility index (Phi) is 6.10. The number of amides is 2. The zero-order chi connectivity index (χ0) is 16.8. The topological polar surface area (TPSA) is 67.9 Å². The minimum absolute atomic E-state index is 0.106. The summed E-state index contributed by atoms with van der Waals surface area (Å²) in [6, 6.07) is 4.83. The lowest BCUT2D eigenvalue weighted by molar-refractivity contribution is 0.0683. The number of hydrogen-bond acceptors (Lipinski definition) is 4. The predicted octanol–water partition coefficient (Wildman–Crippen LogP) is 2.70. The molecule has 2 rings (SSSR count). The molecule has 7 heteroatoms. The molecule has 126 valence electrons. The largest absolute Gasteiger partial charge is 0.496 e. The molecule has 1 N–H and O–H groups in total. The average molecular weight is 341 g/mol. The van der Waals surface area contributed by atoms with E-state index in [1.54, 1.807) is 30.0 Å². The second-order valence-electron chi connectivity index (χ2n) is 5.30. The van der Waals surface area contributed by atoms with Crippen molar-refractivity contribution in [3.05, 3.63) is 28.8 Å². The van der Waals surface area contributed by atoms with E-state index in [2.05, 4.69) is 5.32 Å². The molecule has 1 aromatic rings. The van der Waals surface area contributed by atoms with Crippen LogP contribution in [0.5, 0.6) is 5.75 Å². The van der Waals surface area contributed by atoms with E-state index in [0.29, 0.717) is 36.0 Å². The molecule has 2 amide bonds. The number of piperidine rings is 1. The molecular weight excluding hydrogens is 320 g/mol. The van der Waals surface area contributed by atoms with E-state index in [9.17, 15) is 9.59 Å². The van der Waals surface area contributed by atoms with Crippen molar-refractivity contribution in [1.82, 2.24) is 10.2 Å². The Morgan fingerprint density at radius 2 is 2.22 bits per heavy atom. The highest BCUT2D eigenvalue weighted by Gasteiger charge is 2.27. The monoisotopic (exact) mass is 340 g/mol. The van der Waals surface area contributed by atoms with Gasteiger partial charge in [-0.3, -0.25) is 4.79 Å². The molecule has 0 spiro atoms. The lowest BCUT2D eigenvalue weighted by Crippen LogP contribution is -2.49. The van der Waals surface area contributed by atoms with Gasteiger partial charge in [0.15, 0.2) is 0 Å². The van der Waals surface area contributed by atoms with Crippen LogP contribution >= 0.6 is 11.6 Å². The molecular formula is C16H21ClN2O4. The summed E-state index contributed by atoms with van der Waals surface area (Å²) in [4.78, 5) is 25.9. The Morgan fingerprint density at radius 1 is 1.43 bits per heavy atom. The summed E-state index contributed by atoms with van der Waals surface area (Å²) in [5.41, 5.74) is 0.466. The summed E-state index contributed by atoms with van der Waals surface area (Å²) in [6.07, 6.45) is 1.19. The molecule has 1 saturated heterocycles. The first kappa shape index (κ1) is 17.4. The number of nitrogens with zero attached hydrogens (tertiary/aromatic N) is 1. The minimum Gasteiger partial charge on any atom is -0.496 e. The number of carbonyl (C=O) groups is 2. The molecule has 1 heterocycles. The quantitative estimate of drug-likeness (QED) is 0.915. The van der Waals surface area contributed by atoms with Crippen LogP contribution in [0.3, 0.4) is 0 Å². The second-order valence-corrected chi connectivity index (χ2v) is 5.74. The van der Waals surface area contributed by atoms with Gasteiger partial charge in [-0.25, -0.2) is 4.79 Å². The van der Waals surface area contributed by atoms with E-state index in [-0.39, 0.29) is 11.9 Å². The molecule has 0 unspecified atom stereocenters. The van der Waals surface area contributed by atoms with Crippen LogP contribution in [-0.4, -0.2) is 49.7 Å². The first-order valence-electron chi connectivity index (χ1n) is 7.61. The van der Waals surface area contributed by atoms with Crippen molar-refractivity contribution in [2.24, 2.45) is 0 Å². The number of methoxy groups -OCH3 is 1. The van der Waals surface area contributed by atoms with Gasteiger partial charge in [-0.05, 0) is 38.0 Å². The first-order valence-corrected chi connectivity index (χ1v) is 7.99. The average Bonchev–Trinajstić information content (AvgIpc) is 2.54. The Morgan fingerprint density at radius 3 is 2.91 bits per heavy atom. The molecule has 1 atom stereocenters. The highest BCUT2D eigenvalue weighted by molar-refractivity contribution is 6.30. The summed E-state index contributed by atoms with van der Waals surface area (Å²) >= 11 is 5.93. The number of halogens is 1. The summed E-state index contributed by atoms with van der Waals surface area (Å²) in [6.45, 7) is 3.17. The van der Waals surface area contributed by atoms with Gasteiger partial charge >= 0.3 is 6.09 Å². The van der Waals surface area contributed by atoms with E-state index in [4.69, 9.17) is 21.1 Å². The second kappa shape index (κ2) is 8.06. The molecule has 6 nitrogen and oxygen atoms in total. The lowest BCUT2D eigenvalue weighted by Gasteiger charge is -2.33. The van der Waals surface area contributed by atoms with Gasteiger partial charge in [0.2, 0.25) is 0 Å². The lowest BCUT2D eigenvalue weighted by atomic mass is 10.0. The number of ether oxygens (including phenoxy) is 2. The summed E-state index contributed by atoms with van der Waals surface area (Å²) in [5.74, 6) is 0.317. The fourth-order valence-electron chi connectivity index (χ4n) is 2.63. The number of rotatable bonds is 4. The van der Waals surface area contributed by atoms with Crippen LogP contribution in [0, 0.1) is 0 Å². The van der Waals surface area contributed by atoms with Gasteiger partial charge in [0, 0.05) is 24.2 Å². The van der Waals surface area contributed by atoms with Crippen molar-refractivity contribution >= 4 is 23.6 Å². The summed E-state index contributed by atoms with van der Waals surface area (Å²) < 4.78 is 10.1. The number of nitrogens with one attached hydrogen (secondary N) is 1. The van der Waals surface area contributed by atoms with Crippen LogP contribution in [-0.2, 0) is 4.74 Å². The maximum absolute atomic E-state index is 12.7. The van der Waals surface area contributed by atoms with E-state index in [0.717, 1.165) is 12.8 Å². The van der Waals surface area contributed by atoms with Crippen molar-refractivity contribution < 1.29 is 19.1 Å². The molecule has 1 fully saturated rings. The molecule has 23 heavy (non-hydrogen) atoms.